The number of carbonyl (C=O) groups is 1. The maximum Gasteiger partial charge on any atom is 0.527 e. The van der Waals surface area contributed by atoms with Crippen LogP contribution in [0.3, 0.4) is 0 Å². The van der Waals surface area contributed by atoms with Crippen LogP contribution < -0.4 is 0 Å². The van der Waals surface area contributed by atoms with Gasteiger partial charge in [-0.2, -0.15) is 0 Å². The summed E-state index contributed by atoms with van der Waals surface area (Å²) in [5, 5.41) is 16.5. The number of phosphoric acid groups is 1. The van der Waals surface area contributed by atoms with Crippen molar-refractivity contribution in [3.05, 3.63) is 0 Å². The molecule has 0 bridgehead atoms. The molecule has 1 atom stereocenters. The Balaban J connectivity index is 3.99. The highest BCUT2D eigenvalue weighted by molar-refractivity contribution is 7.46. The Bertz CT molecular complexity index is 182. The van der Waals surface area contributed by atoms with Gasteiger partial charge in [0.2, 0.25) is 0 Å². The molecule has 1 unspecified atom stereocenters. The quantitative estimate of drug-likeness (QED) is 0.375. The van der Waals surface area contributed by atoms with E-state index < -0.39 is 26.5 Å². The number of aliphatic hydroxyl groups is 2. The largest absolute Gasteiger partial charge is 0.527 e. The lowest BCUT2D eigenvalue weighted by atomic mass is 10.4. The molecule has 0 saturated carbocycles. The molecule has 0 aromatic carbocycles. The summed E-state index contributed by atoms with van der Waals surface area (Å²) in [6, 6.07) is 0. The minimum absolute atomic E-state index is 0.946. The van der Waals surface area contributed by atoms with Crippen molar-refractivity contribution in [2.45, 2.75) is 6.10 Å². The highest BCUT2D eigenvalue weighted by Crippen LogP contribution is 2.36. The van der Waals surface area contributed by atoms with E-state index in [1.54, 1.807) is 0 Å². The Kier molecular flexibility index (Phi) is 3.64. The van der Waals surface area contributed by atoms with Crippen LogP contribution >= 0.6 is 7.82 Å². The highest BCUT2D eigenvalue weighted by Gasteiger charge is 2.25. The van der Waals surface area contributed by atoms with Crippen LogP contribution in [-0.4, -0.2) is 38.7 Å². The molecule has 0 spiro atoms. The zero-order valence-corrected chi connectivity index (χ0v) is 6.14. The van der Waals surface area contributed by atoms with Gasteiger partial charge in [0.15, 0.2) is 6.10 Å². The Morgan fingerprint density at radius 3 is 2.27 bits per heavy atom. The molecule has 0 aliphatic heterocycles. The lowest BCUT2D eigenvalue weighted by Crippen LogP contribution is -2.25. The molecule has 66 valence electrons. The number of aliphatic hydroxyl groups excluding tert-OH is 2. The van der Waals surface area contributed by atoms with E-state index in [-0.39, 0.29) is 0 Å². The van der Waals surface area contributed by atoms with Crippen molar-refractivity contribution in [1.29, 1.82) is 0 Å². The van der Waals surface area contributed by atoms with Gasteiger partial charge in [0.05, 0.1) is 6.61 Å². The zero-order valence-electron chi connectivity index (χ0n) is 5.25. The summed E-state index contributed by atoms with van der Waals surface area (Å²) in [6.07, 6.45) is -1.91. The second kappa shape index (κ2) is 3.80. The number of phosphoric ester groups is 1. The van der Waals surface area contributed by atoms with Crippen molar-refractivity contribution in [1.82, 2.24) is 0 Å². The fourth-order valence-electron chi connectivity index (χ4n) is 0.253. The van der Waals surface area contributed by atoms with E-state index in [9.17, 15) is 9.36 Å². The first kappa shape index (κ1) is 10.5. The topological polar surface area (TPSA) is 124 Å². The van der Waals surface area contributed by atoms with E-state index in [0.29, 0.717) is 0 Å². The monoisotopic (exact) mass is 186 g/mol. The van der Waals surface area contributed by atoms with Crippen LogP contribution in [0, 0.1) is 0 Å². The molecule has 0 aliphatic carbocycles. The summed E-state index contributed by atoms with van der Waals surface area (Å²) in [5.41, 5.74) is 0. The molecule has 11 heavy (non-hydrogen) atoms. The number of rotatable bonds is 3. The van der Waals surface area contributed by atoms with Crippen LogP contribution in [0.25, 0.3) is 0 Å². The first-order chi connectivity index (χ1) is 4.87. The number of hydrogen-bond acceptors (Lipinski definition) is 5. The molecule has 0 saturated heterocycles. The molecule has 0 aromatic heterocycles. The van der Waals surface area contributed by atoms with Crippen LogP contribution in [0.1, 0.15) is 0 Å². The molecule has 0 radical (unpaired) electrons. The van der Waals surface area contributed by atoms with Crippen molar-refractivity contribution in [2.75, 3.05) is 6.61 Å². The zero-order chi connectivity index (χ0) is 9.07. The molecule has 0 rings (SSSR count). The third kappa shape index (κ3) is 4.88. The summed E-state index contributed by atoms with van der Waals surface area (Å²) < 4.78 is 13.3. The van der Waals surface area contributed by atoms with Gasteiger partial charge in [-0.3, -0.25) is 9.79 Å². The van der Waals surface area contributed by atoms with Crippen LogP contribution in [-0.2, 0) is 13.9 Å². The smallest absolute Gasteiger partial charge is 0.393 e. The number of carbonyl (C=O) groups excluding carboxylic acids is 1. The Hall–Kier alpha value is -0.460. The first-order valence-corrected chi connectivity index (χ1v) is 3.98. The van der Waals surface area contributed by atoms with Crippen LogP contribution in [0.5, 0.6) is 0 Å². The van der Waals surface area contributed by atoms with Gasteiger partial charge in [0.1, 0.15) is 0 Å². The Labute approximate surface area is 61.5 Å². The third-order valence-electron chi connectivity index (χ3n) is 0.654. The standard InChI is InChI=1S/C3H7O7P/c4-1-2(5)3(6)10-11(7,8)9/h2,4-5H,1H2,(H2,7,8,9). The molecule has 0 aliphatic rings. The van der Waals surface area contributed by atoms with Crippen molar-refractivity contribution in [3.8, 4) is 0 Å². The van der Waals surface area contributed by atoms with Crippen molar-refractivity contribution in [3.63, 3.8) is 0 Å². The molecule has 4 N–H and O–H groups in total. The van der Waals surface area contributed by atoms with Crippen LogP contribution in [0.2, 0.25) is 0 Å². The lowest BCUT2D eigenvalue weighted by molar-refractivity contribution is -0.147. The van der Waals surface area contributed by atoms with Gasteiger partial charge in [-0.25, -0.2) is 9.36 Å². The molecule has 0 heterocycles. The summed E-state index contributed by atoms with van der Waals surface area (Å²) >= 11 is 0. The molecule has 0 amide bonds. The summed E-state index contributed by atoms with van der Waals surface area (Å²) in [5.74, 6) is -1.55. The molecule has 0 aromatic rings. The number of hydrogen-bond donors (Lipinski definition) is 4. The summed E-state index contributed by atoms with van der Waals surface area (Å²) in [4.78, 5) is 26.3. The summed E-state index contributed by atoms with van der Waals surface area (Å²) in [7, 11) is -4.91. The Morgan fingerprint density at radius 1 is 1.55 bits per heavy atom. The van der Waals surface area contributed by atoms with Gasteiger partial charge in [0.25, 0.3) is 0 Å². The average Bonchev–Trinajstić information content (AvgIpc) is 1.82. The molecular weight excluding hydrogens is 179 g/mol. The van der Waals surface area contributed by atoms with Crippen LogP contribution in [0.15, 0.2) is 0 Å². The van der Waals surface area contributed by atoms with E-state index >= 15 is 0 Å². The second-order valence-corrected chi connectivity index (χ2v) is 2.76. The normalized spacial score (nSPS) is 14.2. The fraction of sp³-hybridized carbons (Fsp3) is 0.667. The predicted octanol–water partition coefficient (Wildman–Crippen LogP) is -2.02. The van der Waals surface area contributed by atoms with Gasteiger partial charge in [-0.05, 0) is 0 Å². The van der Waals surface area contributed by atoms with Gasteiger partial charge >= 0.3 is 13.8 Å². The van der Waals surface area contributed by atoms with E-state index in [0.717, 1.165) is 0 Å². The molecule has 0 fully saturated rings. The second-order valence-electron chi connectivity index (χ2n) is 1.60. The third-order valence-corrected chi connectivity index (χ3v) is 1.07. The van der Waals surface area contributed by atoms with E-state index in [4.69, 9.17) is 20.0 Å². The van der Waals surface area contributed by atoms with E-state index in [1.807, 2.05) is 0 Å². The molecular formula is C3H7O7P. The molecule has 7 nitrogen and oxygen atoms in total. The maximum atomic E-state index is 10.3. The van der Waals surface area contributed by atoms with Crippen molar-refractivity contribution in [2.24, 2.45) is 0 Å². The predicted molar refractivity (Wildman–Crippen MR) is 31.2 cm³/mol. The highest BCUT2D eigenvalue weighted by atomic mass is 31.2. The van der Waals surface area contributed by atoms with Crippen molar-refractivity contribution < 1.29 is 33.9 Å². The Morgan fingerprint density at radius 2 is 2.00 bits per heavy atom. The van der Waals surface area contributed by atoms with Gasteiger partial charge in [-0.15, -0.1) is 0 Å². The first-order valence-electron chi connectivity index (χ1n) is 2.44. The molecule has 8 heteroatoms. The maximum absolute atomic E-state index is 10.3. The minimum Gasteiger partial charge on any atom is -0.393 e. The van der Waals surface area contributed by atoms with Gasteiger partial charge in [-0.1, -0.05) is 0 Å². The van der Waals surface area contributed by atoms with E-state index in [1.165, 1.54) is 0 Å². The van der Waals surface area contributed by atoms with Gasteiger partial charge < -0.3 is 14.7 Å². The summed E-state index contributed by atoms with van der Waals surface area (Å²) in [6.45, 7) is -0.946. The fourth-order valence-corrected chi connectivity index (χ4v) is 0.609. The SMILES string of the molecule is O=C(OP(=O)(O)O)C(O)CO. The van der Waals surface area contributed by atoms with E-state index in [2.05, 4.69) is 4.52 Å². The van der Waals surface area contributed by atoms with Crippen LogP contribution in [0.4, 0.5) is 0 Å². The average molecular weight is 186 g/mol. The minimum atomic E-state index is -4.91. The van der Waals surface area contributed by atoms with Crippen molar-refractivity contribution >= 4 is 13.8 Å². The lowest BCUT2D eigenvalue weighted by Gasteiger charge is -2.07. The van der Waals surface area contributed by atoms with Gasteiger partial charge in [0, 0.05) is 0 Å².